The first-order chi connectivity index (χ1) is 23.6. The molecule has 0 atom stereocenters. The van der Waals surface area contributed by atoms with E-state index in [-0.39, 0.29) is 25.0 Å². The monoisotopic (exact) mass is 624 g/mol. The minimum Gasteiger partial charge on any atom is -0.480 e. The molecule has 0 unspecified atom stereocenters. The van der Waals surface area contributed by atoms with E-state index in [1.807, 2.05) is 24.3 Å². The Morgan fingerprint density at radius 1 is 0.396 bits per heavy atom. The van der Waals surface area contributed by atoms with E-state index >= 15 is 0 Å². The third-order valence-corrected chi connectivity index (χ3v) is 9.17. The number of rotatable bonds is 8. The summed E-state index contributed by atoms with van der Waals surface area (Å²) in [6, 6.07) is 44.3. The van der Waals surface area contributed by atoms with Gasteiger partial charge in [0.05, 0.1) is 0 Å². The van der Waals surface area contributed by atoms with Gasteiger partial charge in [-0.1, -0.05) is 109 Å². The molecule has 0 saturated carbocycles. The first-order valence-corrected chi connectivity index (χ1v) is 15.9. The van der Waals surface area contributed by atoms with E-state index in [9.17, 15) is 9.59 Å². The van der Waals surface area contributed by atoms with E-state index in [0.29, 0.717) is 11.5 Å². The van der Waals surface area contributed by atoms with Crippen molar-refractivity contribution in [2.24, 2.45) is 0 Å². The van der Waals surface area contributed by atoms with Gasteiger partial charge in [0, 0.05) is 22.1 Å². The van der Waals surface area contributed by atoms with Crippen molar-refractivity contribution in [1.29, 1.82) is 0 Å². The van der Waals surface area contributed by atoms with Gasteiger partial charge in [0.15, 0.2) is 24.7 Å². The quantitative estimate of drug-likeness (QED) is 0.165. The van der Waals surface area contributed by atoms with Crippen LogP contribution in [0.3, 0.4) is 0 Å². The SMILES string of the molecule is O=C(COc1ccccc1OCC(=O)Nc1ccc2ccc3cccc4ccc1c2c34)Nc1ccc2ccc3cccc4ccc1c2c34. The van der Waals surface area contributed by atoms with Crippen LogP contribution in [0.1, 0.15) is 0 Å². The van der Waals surface area contributed by atoms with Crippen LogP contribution >= 0.6 is 0 Å². The second-order valence-electron chi connectivity index (χ2n) is 12.1. The van der Waals surface area contributed by atoms with Crippen molar-refractivity contribution in [2.45, 2.75) is 0 Å². The number of benzene rings is 9. The Morgan fingerprint density at radius 2 is 0.750 bits per heavy atom. The van der Waals surface area contributed by atoms with Crippen LogP contribution in [0.5, 0.6) is 11.5 Å². The Morgan fingerprint density at radius 3 is 1.17 bits per heavy atom. The number of carbonyl (C=O) groups is 2. The molecule has 0 spiro atoms. The molecule has 0 aliphatic rings. The van der Waals surface area contributed by atoms with Crippen LogP contribution in [-0.2, 0) is 9.59 Å². The van der Waals surface area contributed by atoms with Crippen molar-refractivity contribution in [3.63, 3.8) is 0 Å². The highest BCUT2D eigenvalue weighted by Crippen LogP contribution is 2.39. The molecule has 9 rings (SSSR count). The summed E-state index contributed by atoms with van der Waals surface area (Å²) in [5, 5.41) is 19.6. The number of nitrogens with one attached hydrogen (secondary N) is 2. The zero-order valence-electron chi connectivity index (χ0n) is 25.7. The standard InChI is InChI=1S/C42H28N2O4/c45-37(43-33-21-17-29-13-11-25-5-3-7-27-15-19-31(33)41(29)39(25)27)23-47-35-9-1-2-10-36(35)48-24-38(46)44-34-22-18-30-14-12-26-6-4-8-28-16-20-32(34)42(30)40(26)28/h1-22H,23-24H2,(H,43,45)(H,44,46). The smallest absolute Gasteiger partial charge is 0.262 e. The first-order valence-electron chi connectivity index (χ1n) is 15.9. The molecule has 6 heteroatoms. The lowest BCUT2D eigenvalue weighted by molar-refractivity contribution is -0.119. The number of hydrogen-bond acceptors (Lipinski definition) is 4. The molecule has 48 heavy (non-hydrogen) atoms. The van der Waals surface area contributed by atoms with Crippen LogP contribution in [0.15, 0.2) is 133 Å². The highest BCUT2D eigenvalue weighted by atomic mass is 16.5. The maximum Gasteiger partial charge on any atom is 0.262 e. The van der Waals surface area contributed by atoms with Gasteiger partial charge in [-0.15, -0.1) is 0 Å². The van der Waals surface area contributed by atoms with E-state index in [1.165, 1.54) is 32.3 Å². The number of amides is 2. The van der Waals surface area contributed by atoms with Crippen LogP contribution in [-0.4, -0.2) is 25.0 Å². The third kappa shape index (κ3) is 4.65. The lowest BCUT2D eigenvalue weighted by Crippen LogP contribution is -2.22. The van der Waals surface area contributed by atoms with Crippen molar-refractivity contribution in [1.82, 2.24) is 0 Å². The zero-order valence-corrected chi connectivity index (χ0v) is 25.7. The zero-order chi connectivity index (χ0) is 32.2. The van der Waals surface area contributed by atoms with E-state index in [0.717, 1.165) is 43.7 Å². The van der Waals surface area contributed by atoms with Crippen molar-refractivity contribution < 1.29 is 19.1 Å². The third-order valence-electron chi connectivity index (χ3n) is 9.17. The van der Waals surface area contributed by atoms with Gasteiger partial charge in [0.25, 0.3) is 11.8 Å². The average Bonchev–Trinajstić information content (AvgIpc) is 3.12. The maximum absolute atomic E-state index is 13.1. The van der Waals surface area contributed by atoms with Crippen LogP contribution in [0.4, 0.5) is 11.4 Å². The first kappa shape index (κ1) is 27.9. The Labute approximate surface area is 275 Å². The van der Waals surface area contributed by atoms with Gasteiger partial charge in [-0.2, -0.15) is 0 Å². The number of hydrogen-bond donors (Lipinski definition) is 2. The molecular weight excluding hydrogens is 596 g/mol. The summed E-state index contributed by atoms with van der Waals surface area (Å²) >= 11 is 0. The lowest BCUT2D eigenvalue weighted by Gasteiger charge is -2.16. The number of ether oxygens (including phenoxy) is 2. The summed E-state index contributed by atoms with van der Waals surface area (Å²) in [4.78, 5) is 26.2. The van der Waals surface area contributed by atoms with E-state index in [1.54, 1.807) is 24.3 Å². The molecule has 0 bridgehead atoms. The molecular formula is C42H28N2O4. The van der Waals surface area contributed by atoms with Gasteiger partial charge >= 0.3 is 0 Å². The van der Waals surface area contributed by atoms with E-state index in [2.05, 4.69) is 95.6 Å². The molecule has 6 nitrogen and oxygen atoms in total. The fraction of sp³-hybridized carbons (Fsp3) is 0.0476. The molecule has 2 N–H and O–H groups in total. The molecule has 9 aromatic rings. The van der Waals surface area contributed by atoms with Gasteiger partial charge in [-0.3, -0.25) is 9.59 Å². The molecule has 0 aliphatic carbocycles. The number of para-hydroxylation sites is 2. The largest absolute Gasteiger partial charge is 0.480 e. The van der Waals surface area contributed by atoms with Gasteiger partial charge < -0.3 is 20.1 Å². The summed E-state index contributed by atoms with van der Waals surface area (Å²) < 4.78 is 11.8. The Hall–Kier alpha value is -6.40. The topological polar surface area (TPSA) is 76.7 Å². The summed E-state index contributed by atoms with van der Waals surface area (Å²) in [6.07, 6.45) is 0. The summed E-state index contributed by atoms with van der Waals surface area (Å²) in [5.74, 6) is 0.148. The fourth-order valence-electron chi connectivity index (χ4n) is 7.04. The predicted molar refractivity (Wildman–Crippen MR) is 195 cm³/mol. The second-order valence-corrected chi connectivity index (χ2v) is 12.1. The summed E-state index contributed by atoms with van der Waals surface area (Å²) in [7, 11) is 0. The molecule has 0 radical (unpaired) electrons. The van der Waals surface area contributed by atoms with Crippen molar-refractivity contribution in [2.75, 3.05) is 23.8 Å². The predicted octanol–water partition coefficient (Wildman–Crippen LogP) is 9.52. The van der Waals surface area contributed by atoms with E-state index < -0.39 is 0 Å². The molecule has 0 heterocycles. The molecule has 0 fully saturated rings. The van der Waals surface area contributed by atoms with Crippen LogP contribution < -0.4 is 20.1 Å². The highest BCUT2D eigenvalue weighted by molar-refractivity contribution is 6.27. The molecule has 230 valence electrons. The van der Waals surface area contributed by atoms with Gasteiger partial charge in [-0.05, 0) is 78.1 Å². The second kappa shape index (κ2) is 11.1. The molecule has 0 aliphatic heterocycles. The summed E-state index contributed by atoms with van der Waals surface area (Å²) in [6.45, 7) is -0.450. The van der Waals surface area contributed by atoms with Crippen molar-refractivity contribution in [3.8, 4) is 11.5 Å². The highest BCUT2D eigenvalue weighted by Gasteiger charge is 2.16. The Kier molecular flexibility index (Phi) is 6.47. The van der Waals surface area contributed by atoms with E-state index in [4.69, 9.17) is 9.47 Å². The summed E-state index contributed by atoms with van der Waals surface area (Å²) in [5.41, 5.74) is 1.45. The maximum atomic E-state index is 13.1. The molecule has 0 saturated heterocycles. The minimum absolute atomic E-state index is 0.225. The number of carbonyl (C=O) groups excluding carboxylic acids is 2. The van der Waals surface area contributed by atoms with Gasteiger partial charge in [-0.25, -0.2) is 0 Å². The minimum atomic E-state index is -0.299. The van der Waals surface area contributed by atoms with Crippen LogP contribution in [0.25, 0.3) is 64.6 Å². The van der Waals surface area contributed by atoms with Gasteiger partial charge in [0.2, 0.25) is 0 Å². The Bertz CT molecular complexity index is 2460. The van der Waals surface area contributed by atoms with Crippen LogP contribution in [0.2, 0.25) is 0 Å². The number of anilines is 2. The average molecular weight is 625 g/mol. The normalized spacial score (nSPS) is 11.7. The lowest BCUT2D eigenvalue weighted by atomic mass is 9.93. The molecule has 9 aromatic carbocycles. The molecule has 2 amide bonds. The van der Waals surface area contributed by atoms with Crippen molar-refractivity contribution in [3.05, 3.63) is 133 Å². The van der Waals surface area contributed by atoms with Crippen LogP contribution in [0, 0.1) is 0 Å². The Balaban J connectivity index is 0.889. The van der Waals surface area contributed by atoms with Gasteiger partial charge in [0.1, 0.15) is 0 Å². The fourth-order valence-corrected chi connectivity index (χ4v) is 7.04. The van der Waals surface area contributed by atoms with Crippen molar-refractivity contribution >= 4 is 87.8 Å². The molecule has 0 aromatic heterocycles.